The molecule has 0 fully saturated rings. The van der Waals surface area contributed by atoms with E-state index in [0.29, 0.717) is 20.3 Å². The zero-order valence-corrected chi connectivity index (χ0v) is 24.8. The summed E-state index contributed by atoms with van der Waals surface area (Å²) in [5.41, 5.74) is 0.0681. The fourth-order valence-corrected chi connectivity index (χ4v) is 20.0. The van der Waals surface area contributed by atoms with E-state index < -0.39 is 29.0 Å². The number of hydrogen-bond acceptors (Lipinski definition) is 1. The van der Waals surface area contributed by atoms with Gasteiger partial charge in [0.05, 0.1) is 0 Å². The van der Waals surface area contributed by atoms with E-state index in [1.165, 1.54) is 11.7 Å². The summed E-state index contributed by atoms with van der Waals surface area (Å²) in [4.78, 5) is 0. The summed E-state index contributed by atoms with van der Waals surface area (Å²) in [6, 6.07) is 0. The Bertz CT molecular complexity index is 369. The normalized spacial score (nSPS) is 14.8. The second-order valence-electron chi connectivity index (χ2n) is 11.6. The molecule has 0 unspecified atom stereocenters. The first-order valence-electron chi connectivity index (χ1n) is 10.9. The van der Waals surface area contributed by atoms with Crippen LogP contribution in [0.15, 0.2) is 0 Å². The van der Waals surface area contributed by atoms with Crippen molar-refractivity contribution in [2.45, 2.75) is 132 Å². The molecule has 1 nitrogen and oxygen atoms in total. The van der Waals surface area contributed by atoms with Gasteiger partial charge in [-0.15, -0.1) is 0 Å². The van der Waals surface area contributed by atoms with Crippen molar-refractivity contribution in [1.82, 2.24) is 0 Å². The molecular formula is C23H50Ge2O. The van der Waals surface area contributed by atoms with Gasteiger partial charge in [0.1, 0.15) is 0 Å². The van der Waals surface area contributed by atoms with Gasteiger partial charge in [0, 0.05) is 0 Å². The van der Waals surface area contributed by atoms with Gasteiger partial charge in [-0.3, -0.25) is 0 Å². The maximum atomic E-state index is 7.25. The molecule has 0 atom stereocenters. The topological polar surface area (TPSA) is 9.23 Å². The van der Waals surface area contributed by atoms with Gasteiger partial charge in [0.15, 0.2) is 0 Å². The fraction of sp³-hybridized carbons (Fsp3) is 1.00. The summed E-state index contributed by atoms with van der Waals surface area (Å²) in [7, 11) is 0. The van der Waals surface area contributed by atoms with Crippen molar-refractivity contribution in [3.8, 4) is 0 Å². The van der Waals surface area contributed by atoms with Crippen molar-refractivity contribution in [3.63, 3.8) is 0 Å². The molecule has 0 N–H and O–H groups in total. The third-order valence-electron chi connectivity index (χ3n) is 5.98. The van der Waals surface area contributed by atoms with E-state index in [0.717, 1.165) is 9.50 Å². The molecule has 3 heteroatoms. The number of rotatable bonds is 9. The van der Waals surface area contributed by atoms with Crippen molar-refractivity contribution in [2.24, 2.45) is 11.8 Å². The minimum atomic E-state index is -1.56. The Balaban J connectivity index is 5.77. The van der Waals surface area contributed by atoms with Gasteiger partial charge in [-0.2, -0.15) is 0 Å². The van der Waals surface area contributed by atoms with E-state index >= 15 is 0 Å². The van der Waals surface area contributed by atoms with Crippen LogP contribution >= 0.6 is 0 Å². The van der Waals surface area contributed by atoms with E-state index in [4.69, 9.17) is 3.76 Å². The molecule has 26 heavy (non-hydrogen) atoms. The fourth-order valence-electron chi connectivity index (χ4n) is 4.85. The Morgan fingerprint density at radius 3 is 1.23 bits per heavy atom. The van der Waals surface area contributed by atoms with Crippen molar-refractivity contribution >= 4 is 29.0 Å². The average molecular weight is 488 g/mol. The van der Waals surface area contributed by atoms with Crippen LogP contribution in [0.5, 0.6) is 0 Å². The van der Waals surface area contributed by atoms with Crippen molar-refractivity contribution in [1.29, 1.82) is 0 Å². The molecule has 0 bridgehead atoms. The Morgan fingerprint density at radius 2 is 1.00 bits per heavy atom. The van der Waals surface area contributed by atoms with Crippen LogP contribution < -0.4 is 0 Å². The maximum absolute atomic E-state index is 7.25. The molecule has 0 aromatic carbocycles. The standard InChI is InChI=1S/C23H50Ge2O/c1-17(2)23(18(3)4,26-25(19(5)6)20(7)8)15-16-24(21(9,10)11)22(12,13)14/h17-20H,15-16H2,1-14H3. The summed E-state index contributed by atoms with van der Waals surface area (Å²) in [5.74, 6) is 1.17. The summed E-state index contributed by atoms with van der Waals surface area (Å²) in [6.07, 6.45) is 1.27. The molecule has 0 spiro atoms. The van der Waals surface area contributed by atoms with Gasteiger partial charge < -0.3 is 0 Å². The SMILES string of the molecule is C[CH](C)[Ge]([O]C(C[CH2][Ge]([C](C)(C)C)[C](C)(C)C)(C(C)C)C(C)C)[CH](C)C. The van der Waals surface area contributed by atoms with Gasteiger partial charge in [0.25, 0.3) is 0 Å². The summed E-state index contributed by atoms with van der Waals surface area (Å²) in [6.45, 7) is 34.1. The first kappa shape index (κ1) is 27.0. The van der Waals surface area contributed by atoms with Gasteiger partial charge >= 0.3 is 177 Å². The molecule has 2 radical (unpaired) electrons. The van der Waals surface area contributed by atoms with Crippen molar-refractivity contribution < 1.29 is 3.76 Å². The molecule has 156 valence electrons. The van der Waals surface area contributed by atoms with Crippen molar-refractivity contribution in [3.05, 3.63) is 0 Å². The number of hydrogen-bond donors (Lipinski definition) is 0. The molecule has 0 aliphatic carbocycles. The van der Waals surface area contributed by atoms with Gasteiger partial charge in [0.2, 0.25) is 0 Å². The van der Waals surface area contributed by atoms with E-state index in [9.17, 15) is 0 Å². The Morgan fingerprint density at radius 1 is 0.654 bits per heavy atom. The minimum absolute atomic E-state index is 0.0681. The van der Waals surface area contributed by atoms with Crippen LogP contribution in [-0.4, -0.2) is 34.6 Å². The van der Waals surface area contributed by atoms with E-state index in [2.05, 4.69) is 96.9 Å². The molecule has 0 amide bonds. The average Bonchev–Trinajstić information content (AvgIpc) is 2.37. The Kier molecular flexibility index (Phi) is 10.6. The quantitative estimate of drug-likeness (QED) is 0.297. The van der Waals surface area contributed by atoms with Gasteiger partial charge in [-0.1, -0.05) is 0 Å². The molecule has 0 aromatic rings. The van der Waals surface area contributed by atoms with Crippen LogP contribution in [-0.2, 0) is 3.76 Å². The second-order valence-corrected chi connectivity index (χ2v) is 27.9. The van der Waals surface area contributed by atoms with Crippen LogP contribution in [0.25, 0.3) is 0 Å². The van der Waals surface area contributed by atoms with Crippen LogP contribution in [0, 0.1) is 11.8 Å². The van der Waals surface area contributed by atoms with Crippen molar-refractivity contribution in [2.75, 3.05) is 0 Å². The van der Waals surface area contributed by atoms with Crippen LogP contribution in [0.4, 0.5) is 0 Å². The molecule has 0 saturated heterocycles. The molecule has 0 saturated carbocycles. The zero-order chi connectivity index (χ0) is 21.1. The molecule has 0 heterocycles. The molecule has 0 aromatic heterocycles. The van der Waals surface area contributed by atoms with E-state index in [1.807, 2.05) is 0 Å². The predicted octanol–water partition coefficient (Wildman–Crippen LogP) is 8.35. The third-order valence-corrected chi connectivity index (χ3v) is 21.2. The Labute approximate surface area is 176 Å². The first-order valence-corrected chi connectivity index (χ1v) is 17.7. The molecular weight excluding hydrogens is 437 g/mol. The third kappa shape index (κ3) is 7.46. The zero-order valence-electron chi connectivity index (χ0n) is 20.6. The molecule has 0 rings (SSSR count). The van der Waals surface area contributed by atoms with Crippen LogP contribution in [0.2, 0.25) is 23.2 Å². The molecule has 0 aliphatic rings. The van der Waals surface area contributed by atoms with Gasteiger partial charge in [-0.25, -0.2) is 0 Å². The van der Waals surface area contributed by atoms with Crippen LogP contribution in [0.3, 0.4) is 0 Å². The second kappa shape index (κ2) is 10.2. The monoisotopic (exact) mass is 490 g/mol. The molecule has 0 aliphatic heterocycles. The predicted molar refractivity (Wildman–Crippen MR) is 124 cm³/mol. The Hall–Kier alpha value is 1.05. The van der Waals surface area contributed by atoms with Crippen LogP contribution in [0.1, 0.15) is 103 Å². The first-order chi connectivity index (χ1) is 11.5. The van der Waals surface area contributed by atoms with E-state index in [1.54, 1.807) is 0 Å². The summed E-state index contributed by atoms with van der Waals surface area (Å²) >= 11 is -2.84. The van der Waals surface area contributed by atoms with E-state index in [-0.39, 0.29) is 5.60 Å². The summed E-state index contributed by atoms with van der Waals surface area (Å²) < 4.78 is 9.70. The van der Waals surface area contributed by atoms with Gasteiger partial charge in [-0.05, 0) is 0 Å². The summed E-state index contributed by atoms with van der Waals surface area (Å²) in [5, 5.41) is 1.42.